The lowest BCUT2D eigenvalue weighted by atomic mass is 9.94. The molecule has 0 spiro atoms. The van der Waals surface area contributed by atoms with Crippen LogP contribution in [0.3, 0.4) is 0 Å². The van der Waals surface area contributed by atoms with Crippen molar-refractivity contribution in [1.29, 1.82) is 0 Å². The molecule has 3 aromatic carbocycles. The summed E-state index contributed by atoms with van der Waals surface area (Å²) in [6, 6.07) is 23.5. The first-order valence-corrected chi connectivity index (χ1v) is 7.28. The molecule has 0 atom stereocenters. The van der Waals surface area contributed by atoms with E-state index in [-0.39, 0.29) is 5.82 Å². The summed E-state index contributed by atoms with van der Waals surface area (Å²) in [5.41, 5.74) is 3.10. The zero-order valence-corrected chi connectivity index (χ0v) is 12.3. The van der Waals surface area contributed by atoms with Gasteiger partial charge >= 0.3 is 0 Å². The van der Waals surface area contributed by atoms with Gasteiger partial charge in [0.05, 0.1) is 6.61 Å². The van der Waals surface area contributed by atoms with Gasteiger partial charge in [0.25, 0.3) is 0 Å². The monoisotopic (exact) mass is 291 g/mol. The van der Waals surface area contributed by atoms with Gasteiger partial charge in [-0.2, -0.15) is 0 Å². The molecule has 0 fully saturated rings. The smallest absolute Gasteiger partial charge is 0.131 e. The fourth-order valence-corrected chi connectivity index (χ4v) is 2.47. The molecule has 0 saturated heterocycles. The van der Waals surface area contributed by atoms with Gasteiger partial charge < -0.3 is 4.74 Å². The molecule has 22 heavy (non-hydrogen) atoms. The van der Waals surface area contributed by atoms with Gasteiger partial charge in [-0.05, 0) is 42.3 Å². The molecule has 1 radical (unpaired) electrons. The number of halogens is 1. The van der Waals surface area contributed by atoms with Crippen LogP contribution in [0.5, 0.6) is 5.75 Å². The van der Waals surface area contributed by atoms with Crippen LogP contribution < -0.4 is 4.74 Å². The molecule has 0 aliphatic heterocycles. The van der Waals surface area contributed by atoms with Gasteiger partial charge in [-0.25, -0.2) is 4.39 Å². The van der Waals surface area contributed by atoms with E-state index in [2.05, 4.69) is 6.07 Å². The summed E-state index contributed by atoms with van der Waals surface area (Å²) in [6.45, 7) is 2.55. The van der Waals surface area contributed by atoms with Crippen molar-refractivity contribution in [3.05, 3.63) is 78.6 Å². The molecule has 3 rings (SSSR count). The van der Waals surface area contributed by atoms with E-state index in [9.17, 15) is 4.39 Å². The van der Waals surface area contributed by atoms with E-state index >= 15 is 0 Å². The first-order valence-electron chi connectivity index (χ1n) is 7.28. The SMILES string of the molecule is CCOc1ccc(-c2c(-c3ccccc3)[c]ccc2F)cc1. The fourth-order valence-electron chi connectivity index (χ4n) is 2.47. The van der Waals surface area contributed by atoms with Gasteiger partial charge in [0.2, 0.25) is 0 Å². The third-order valence-corrected chi connectivity index (χ3v) is 3.46. The number of hydrogen-bond donors (Lipinski definition) is 0. The topological polar surface area (TPSA) is 9.23 Å². The second-order valence-corrected chi connectivity index (χ2v) is 4.90. The van der Waals surface area contributed by atoms with Crippen molar-refractivity contribution >= 4 is 0 Å². The molecule has 0 aliphatic rings. The van der Waals surface area contributed by atoms with Crippen LogP contribution in [0, 0.1) is 11.9 Å². The Morgan fingerprint density at radius 3 is 2.32 bits per heavy atom. The van der Waals surface area contributed by atoms with E-state index in [1.54, 1.807) is 6.07 Å². The third kappa shape index (κ3) is 2.86. The molecule has 0 aromatic heterocycles. The average molecular weight is 291 g/mol. The van der Waals surface area contributed by atoms with Crippen LogP contribution in [0.4, 0.5) is 4.39 Å². The van der Waals surface area contributed by atoms with Gasteiger partial charge in [0.1, 0.15) is 11.6 Å². The fraction of sp³-hybridized carbons (Fsp3) is 0.100. The van der Waals surface area contributed by atoms with Crippen molar-refractivity contribution < 1.29 is 9.13 Å². The molecule has 0 unspecified atom stereocenters. The summed E-state index contributed by atoms with van der Waals surface area (Å²) in [4.78, 5) is 0. The van der Waals surface area contributed by atoms with Crippen LogP contribution in [0.2, 0.25) is 0 Å². The molecule has 0 bridgehead atoms. The molecule has 2 heteroatoms. The molecular weight excluding hydrogens is 275 g/mol. The van der Waals surface area contributed by atoms with Crippen molar-refractivity contribution in [3.63, 3.8) is 0 Å². The summed E-state index contributed by atoms with van der Waals surface area (Å²) in [5.74, 6) is 0.537. The Balaban J connectivity index is 2.10. The lowest BCUT2D eigenvalue weighted by Crippen LogP contribution is -1.93. The number of rotatable bonds is 4. The van der Waals surface area contributed by atoms with Crippen LogP contribution in [0.15, 0.2) is 66.7 Å². The average Bonchev–Trinajstić information content (AvgIpc) is 2.57. The van der Waals surface area contributed by atoms with Crippen LogP contribution in [0.1, 0.15) is 6.92 Å². The maximum Gasteiger partial charge on any atom is 0.131 e. The van der Waals surface area contributed by atoms with E-state index < -0.39 is 0 Å². The third-order valence-electron chi connectivity index (χ3n) is 3.46. The predicted octanol–water partition coefficient (Wildman–Crippen LogP) is 5.36. The summed E-state index contributed by atoms with van der Waals surface area (Å²) in [5, 5.41) is 0. The number of hydrogen-bond acceptors (Lipinski definition) is 1. The van der Waals surface area contributed by atoms with E-state index in [1.165, 1.54) is 6.07 Å². The van der Waals surface area contributed by atoms with E-state index in [0.717, 1.165) is 22.4 Å². The van der Waals surface area contributed by atoms with Gasteiger partial charge in [0.15, 0.2) is 0 Å². The van der Waals surface area contributed by atoms with Crippen LogP contribution >= 0.6 is 0 Å². The first kappa shape index (κ1) is 14.3. The van der Waals surface area contributed by atoms with Crippen LogP contribution in [-0.2, 0) is 0 Å². The van der Waals surface area contributed by atoms with Crippen molar-refractivity contribution in [2.45, 2.75) is 6.92 Å². The molecular formula is C20H16FO. The largest absolute Gasteiger partial charge is 0.494 e. The standard InChI is InChI=1S/C20H16FO/c1-2-22-17-13-11-16(12-14-17)20-18(9-6-10-19(20)21)15-7-4-3-5-8-15/h3-8,10-14H,2H2,1H3. The highest BCUT2D eigenvalue weighted by Gasteiger charge is 2.12. The molecule has 1 nitrogen and oxygen atoms in total. The normalized spacial score (nSPS) is 10.5. The highest BCUT2D eigenvalue weighted by molar-refractivity contribution is 5.83. The highest BCUT2D eigenvalue weighted by atomic mass is 19.1. The Labute approximate surface area is 130 Å². The molecule has 3 aromatic rings. The minimum absolute atomic E-state index is 0.248. The first-order chi connectivity index (χ1) is 10.8. The van der Waals surface area contributed by atoms with Crippen molar-refractivity contribution in [2.75, 3.05) is 6.61 Å². The maximum absolute atomic E-state index is 14.4. The number of benzene rings is 3. The zero-order chi connectivity index (χ0) is 15.4. The molecule has 0 N–H and O–H groups in total. The minimum Gasteiger partial charge on any atom is -0.494 e. The quantitative estimate of drug-likeness (QED) is 0.629. The summed E-state index contributed by atoms with van der Waals surface area (Å²) in [7, 11) is 0. The highest BCUT2D eigenvalue weighted by Crippen LogP contribution is 2.34. The van der Waals surface area contributed by atoms with E-state index in [4.69, 9.17) is 4.74 Å². The van der Waals surface area contributed by atoms with Gasteiger partial charge in [-0.15, -0.1) is 0 Å². The van der Waals surface area contributed by atoms with E-state index in [1.807, 2.05) is 61.5 Å². The Kier molecular flexibility index (Phi) is 4.19. The van der Waals surface area contributed by atoms with Gasteiger partial charge in [-0.3, -0.25) is 0 Å². The summed E-state index contributed by atoms with van der Waals surface area (Å²) >= 11 is 0. The second kappa shape index (κ2) is 6.44. The molecule has 0 aliphatic carbocycles. The molecule has 109 valence electrons. The lowest BCUT2D eigenvalue weighted by Gasteiger charge is -2.12. The molecule has 0 saturated carbocycles. The van der Waals surface area contributed by atoms with E-state index in [0.29, 0.717) is 12.2 Å². The summed E-state index contributed by atoms with van der Waals surface area (Å²) < 4.78 is 19.9. The van der Waals surface area contributed by atoms with Crippen molar-refractivity contribution in [1.82, 2.24) is 0 Å². The maximum atomic E-state index is 14.4. The Morgan fingerprint density at radius 2 is 1.64 bits per heavy atom. The predicted molar refractivity (Wildman–Crippen MR) is 87.3 cm³/mol. The zero-order valence-electron chi connectivity index (χ0n) is 12.3. The minimum atomic E-state index is -0.248. The van der Waals surface area contributed by atoms with Gasteiger partial charge in [0, 0.05) is 11.1 Å². The Bertz CT molecular complexity index is 748. The Morgan fingerprint density at radius 1 is 0.909 bits per heavy atom. The summed E-state index contributed by atoms with van der Waals surface area (Å²) in [6.07, 6.45) is 0. The van der Waals surface area contributed by atoms with Gasteiger partial charge in [-0.1, -0.05) is 48.5 Å². The second-order valence-electron chi connectivity index (χ2n) is 4.90. The van der Waals surface area contributed by atoms with Crippen molar-refractivity contribution in [2.24, 2.45) is 0 Å². The Hall–Kier alpha value is -2.61. The number of ether oxygens (including phenoxy) is 1. The lowest BCUT2D eigenvalue weighted by molar-refractivity contribution is 0.340. The van der Waals surface area contributed by atoms with Crippen molar-refractivity contribution in [3.8, 4) is 28.0 Å². The van der Waals surface area contributed by atoms with Crippen LogP contribution in [-0.4, -0.2) is 6.61 Å². The molecule has 0 amide bonds. The molecule has 0 heterocycles. The van der Waals surface area contributed by atoms with Crippen LogP contribution in [0.25, 0.3) is 22.3 Å².